The lowest BCUT2D eigenvalue weighted by molar-refractivity contribution is 0.0946. The quantitative estimate of drug-likeness (QED) is 0.506. The van der Waals surface area contributed by atoms with Crippen LogP contribution in [-0.4, -0.2) is 46.5 Å². The highest BCUT2D eigenvalue weighted by Crippen LogP contribution is 2.32. The number of aromatic nitrogens is 2. The van der Waals surface area contributed by atoms with Gasteiger partial charge in [-0.3, -0.25) is 4.79 Å². The van der Waals surface area contributed by atoms with Gasteiger partial charge in [-0.2, -0.15) is 0 Å². The van der Waals surface area contributed by atoms with Crippen LogP contribution in [0.3, 0.4) is 0 Å². The third-order valence-electron chi connectivity index (χ3n) is 7.16. The van der Waals surface area contributed by atoms with Gasteiger partial charge < -0.3 is 14.8 Å². The molecule has 5 heteroatoms. The Bertz CT molecular complexity index is 1140. The summed E-state index contributed by atoms with van der Waals surface area (Å²) in [7, 11) is 0. The Labute approximate surface area is 196 Å². The summed E-state index contributed by atoms with van der Waals surface area (Å²) in [5.41, 5.74) is 6.64. The molecule has 0 radical (unpaired) electrons. The first-order valence-electron chi connectivity index (χ1n) is 12.4. The van der Waals surface area contributed by atoms with Crippen molar-refractivity contribution in [1.82, 2.24) is 19.8 Å². The number of rotatable bonds is 6. The summed E-state index contributed by atoms with van der Waals surface area (Å²) in [6.45, 7) is 6.18. The summed E-state index contributed by atoms with van der Waals surface area (Å²) in [5.74, 6) is 0.00424. The van der Waals surface area contributed by atoms with Gasteiger partial charge in [-0.15, -0.1) is 0 Å². The second-order valence-electron chi connectivity index (χ2n) is 9.58. The monoisotopic (exact) mass is 442 g/mol. The summed E-state index contributed by atoms with van der Waals surface area (Å²) in [4.78, 5) is 19.7. The number of fused-ring (bicyclic) bond motifs is 1. The molecule has 1 aromatic heterocycles. The van der Waals surface area contributed by atoms with Gasteiger partial charge in [0.2, 0.25) is 0 Å². The van der Waals surface area contributed by atoms with Gasteiger partial charge in [0.05, 0.1) is 17.4 Å². The van der Waals surface area contributed by atoms with E-state index in [1.807, 2.05) is 30.6 Å². The second-order valence-corrected chi connectivity index (χ2v) is 9.58. The summed E-state index contributed by atoms with van der Waals surface area (Å²) in [6.07, 6.45) is 11.7. The number of hydrogen-bond donors (Lipinski definition) is 1. The lowest BCUT2D eigenvalue weighted by Crippen LogP contribution is -2.37. The van der Waals surface area contributed by atoms with Crippen LogP contribution in [0.15, 0.2) is 60.4 Å². The molecule has 172 valence electrons. The van der Waals surface area contributed by atoms with E-state index >= 15 is 0 Å². The van der Waals surface area contributed by atoms with E-state index in [1.54, 1.807) is 0 Å². The number of nitrogens with one attached hydrogen (secondary N) is 1. The SMILES string of the molecule is CC1=CCCC(n2cnc3cc(-c4ccc(C(=O)NCCN5CCCCC5)cc4)ccc32)C1. The first-order valence-corrected chi connectivity index (χ1v) is 12.4. The Morgan fingerprint density at radius 3 is 2.64 bits per heavy atom. The van der Waals surface area contributed by atoms with Crippen LogP contribution in [0.5, 0.6) is 0 Å². The molecule has 1 amide bonds. The minimum atomic E-state index is 0.00424. The Balaban J connectivity index is 1.23. The second kappa shape index (κ2) is 9.92. The van der Waals surface area contributed by atoms with Crippen LogP contribution in [0.2, 0.25) is 0 Å². The number of benzene rings is 2. The molecule has 1 unspecified atom stereocenters. The summed E-state index contributed by atoms with van der Waals surface area (Å²) >= 11 is 0. The molecule has 1 N–H and O–H groups in total. The van der Waals surface area contributed by atoms with Crippen molar-refractivity contribution in [2.24, 2.45) is 0 Å². The van der Waals surface area contributed by atoms with Crippen LogP contribution in [0.25, 0.3) is 22.2 Å². The predicted molar refractivity (Wildman–Crippen MR) is 134 cm³/mol. The molecule has 0 spiro atoms. The number of likely N-dealkylation sites (tertiary alicyclic amines) is 1. The first-order chi connectivity index (χ1) is 16.2. The van der Waals surface area contributed by atoms with Gasteiger partial charge in [0.1, 0.15) is 0 Å². The zero-order valence-corrected chi connectivity index (χ0v) is 19.6. The van der Waals surface area contributed by atoms with Gasteiger partial charge in [0, 0.05) is 24.7 Å². The lowest BCUT2D eigenvalue weighted by Gasteiger charge is -2.26. The number of hydrogen-bond acceptors (Lipinski definition) is 3. The van der Waals surface area contributed by atoms with E-state index in [9.17, 15) is 4.79 Å². The van der Waals surface area contributed by atoms with Gasteiger partial charge in [0.15, 0.2) is 0 Å². The first kappa shape index (κ1) is 21.9. The average Bonchev–Trinajstić information content (AvgIpc) is 3.28. The van der Waals surface area contributed by atoms with Crippen molar-refractivity contribution >= 4 is 16.9 Å². The Morgan fingerprint density at radius 2 is 1.85 bits per heavy atom. The number of piperidine rings is 1. The number of carbonyl (C=O) groups is 1. The van der Waals surface area contributed by atoms with Crippen LogP contribution in [0, 0.1) is 0 Å². The molecule has 0 bridgehead atoms. The average molecular weight is 443 g/mol. The number of amides is 1. The molecular formula is C28H34N4O. The topological polar surface area (TPSA) is 50.2 Å². The van der Waals surface area contributed by atoms with Crippen LogP contribution >= 0.6 is 0 Å². The minimum absolute atomic E-state index is 0.00424. The maximum atomic E-state index is 12.5. The largest absolute Gasteiger partial charge is 0.351 e. The van der Waals surface area contributed by atoms with E-state index in [0.29, 0.717) is 18.2 Å². The minimum Gasteiger partial charge on any atom is -0.351 e. The molecule has 2 aromatic carbocycles. The molecule has 1 aliphatic carbocycles. The predicted octanol–water partition coefficient (Wildman–Crippen LogP) is 5.59. The number of imidazole rings is 1. The van der Waals surface area contributed by atoms with E-state index in [2.05, 4.69) is 46.0 Å². The Hall–Kier alpha value is -2.92. The van der Waals surface area contributed by atoms with Crippen LogP contribution < -0.4 is 5.32 Å². The maximum absolute atomic E-state index is 12.5. The molecule has 3 aromatic rings. The molecule has 0 saturated carbocycles. The molecule has 2 heterocycles. The molecule has 1 atom stereocenters. The van der Waals surface area contributed by atoms with Crippen molar-refractivity contribution in [3.63, 3.8) is 0 Å². The Kier molecular flexibility index (Phi) is 6.58. The molecule has 1 fully saturated rings. The highest BCUT2D eigenvalue weighted by atomic mass is 16.1. The summed E-state index contributed by atoms with van der Waals surface area (Å²) in [6, 6.07) is 14.9. The third-order valence-corrected chi connectivity index (χ3v) is 7.16. The van der Waals surface area contributed by atoms with Gasteiger partial charge in [-0.1, -0.05) is 36.3 Å². The smallest absolute Gasteiger partial charge is 0.251 e. The number of nitrogens with zero attached hydrogens (tertiary/aromatic N) is 3. The van der Waals surface area contributed by atoms with Gasteiger partial charge in [-0.05, 0) is 87.5 Å². The van der Waals surface area contributed by atoms with Crippen molar-refractivity contribution in [2.75, 3.05) is 26.2 Å². The molecule has 33 heavy (non-hydrogen) atoms. The highest BCUT2D eigenvalue weighted by molar-refractivity contribution is 5.94. The standard InChI is InChI=1S/C28H34N4O/c1-21-6-5-7-25(18-21)32-20-30-26-19-24(12-13-27(26)32)22-8-10-23(11-9-22)28(33)29-14-17-31-15-3-2-4-16-31/h6,8-13,19-20,25H,2-5,7,14-18H2,1H3,(H,29,33). The van der Waals surface area contributed by atoms with Crippen molar-refractivity contribution in [1.29, 1.82) is 0 Å². The van der Waals surface area contributed by atoms with E-state index in [-0.39, 0.29) is 5.91 Å². The molecule has 5 rings (SSSR count). The summed E-state index contributed by atoms with van der Waals surface area (Å²) < 4.78 is 2.34. The van der Waals surface area contributed by atoms with E-state index in [1.165, 1.54) is 36.8 Å². The fourth-order valence-corrected chi connectivity index (χ4v) is 5.25. The summed E-state index contributed by atoms with van der Waals surface area (Å²) in [5, 5.41) is 3.07. The third kappa shape index (κ3) is 5.03. The van der Waals surface area contributed by atoms with E-state index in [0.717, 1.165) is 49.1 Å². The normalized spacial score (nSPS) is 19.4. The molecule has 1 aliphatic heterocycles. The molecule has 2 aliphatic rings. The van der Waals surface area contributed by atoms with Gasteiger partial charge in [0.25, 0.3) is 5.91 Å². The van der Waals surface area contributed by atoms with Crippen LogP contribution in [0.1, 0.15) is 61.8 Å². The van der Waals surface area contributed by atoms with E-state index < -0.39 is 0 Å². The Morgan fingerprint density at radius 1 is 1.06 bits per heavy atom. The number of carbonyl (C=O) groups excluding carboxylic acids is 1. The van der Waals surface area contributed by atoms with Crippen LogP contribution in [0.4, 0.5) is 0 Å². The zero-order valence-electron chi connectivity index (χ0n) is 19.6. The molecular weight excluding hydrogens is 408 g/mol. The number of allylic oxidation sites excluding steroid dienone is 2. The lowest BCUT2D eigenvalue weighted by atomic mass is 9.95. The van der Waals surface area contributed by atoms with Crippen molar-refractivity contribution in [3.8, 4) is 11.1 Å². The maximum Gasteiger partial charge on any atom is 0.251 e. The van der Waals surface area contributed by atoms with Gasteiger partial charge >= 0.3 is 0 Å². The zero-order chi connectivity index (χ0) is 22.6. The fraction of sp³-hybridized carbons (Fsp3) is 0.429. The van der Waals surface area contributed by atoms with Crippen LogP contribution in [-0.2, 0) is 0 Å². The van der Waals surface area contributed by atoms with E-state index in [4.69, 9.17) is 4.98 Å². The molecule has 5 nitrogen and oxygen atoms in total. The van der Waals surface area contributed by atoms with Gasteiger partial charge in [-0.25, -0.2) is 4.98 Å². The van der Waals surface area contributed by atoms with Crippen molar-refractivity contribution in [3.05, 3.63) is 66.0 Å². The van der Waals surface area contributed by atoms with Crippen molar-refractivity contribution < 1.29 is 4.79 Å². The highest BCUT2D eigenvalue weighted by Gasteiger charge is 2.17. The fourth-order valence-electron chi connectivity index (χ4n) is 5.25. The molecule has 1 saturated heterocycles. The van der Waals surface area contributed by atoms with Crippen molar-refractivity contribution in [2.45, 2.75) is 51.5 Å².